The van der Waals surface area contributed by atoms with Gasteiger partial charge >= 0.3 is 0 Å². The first kappa shape index (κ1) is 16.0. The third-order valence-electron chi connectivity index (χ3n) is 4.30. The van der Waals surface area contributed by atoms with Crippen LogP contribution in [0.3, 0.4) is 0 Å². The van der Waals surface area contributed by atoms with Gasteiger partial charge in [0, 0.05) is 17.6 Å². The molecule has 1 heterocycles. The summed E-state index contributed by atoms with van der Waals surface area (Å²) in [7, 11) is 0. The van der Waals surface area contributed by atoms with Gasteiger partial charge in [0.15, 0.2) is 0 Å². The Morgan fingerprint density at radius 1 is 1.13 bits per heavy atom. The highest BCUT2D eigenvalue weighted by Crippen LogP contribution is 2.31. The number of rotatable bonds is 5. The lowest BCUT2D eigenvalue weighted by molar-refractivity contribution is -0.122. The van der Waals surface area contributed by atoms with Gasteiger partial charge in [-0.2, -0.15) is 0 Å². The maximum absolute atomic E-state index is 12.2. The minimum absolute atomic E-state index is 0.0720. The summed E-state index contributed by atoms with van der Waals surface area (Å²) in [5.74, 6) is 0.0720. The highest BCUT2D eigenvalue weighted by atomic mass is 35.5. The van der Waals surface area contributed by atoms with E-state index >= 15 is 0 Å². The van der Waals surface area contributed by atoms with Crippen LogP contribution in [-0.2, 0) is 11.3 Å². The van der Waals surface area contributed by atoms with E-state index in [1.54, 1.807) is 0 Å². The number of nitrogens with one attached hydrogen (secondary N) is 1. The molecule has 120 valence electrons. The van der Waals surface area contributed by atoms with E-state index in [1.807, 2.05) is 30.3 Å². The van der Waals surface area contributed by atoms with Crippen LogP contribution in [0.2, 0.25) is 5.02 Å². The van der Waals surface area contributed by atoms with Crippen molar-refractivity contribution in [2.45, 2.75) is 25.4 Å². The van der Waals surface area contributed by atoms with Crippen LogP contribution in [-0.4, -0.2) is 23.9 Å². The summed E-state index contributed by atoms with van der Waals surface area (Å²) in [6.45, 7) is 1.97. The first-order valence-electron chi connectivity index (χ1n) is 8.02. The molecule has 0 aromatic heterocycles. The highest BCUT2D eigenvalue weighted by molar-refractivity contribution is 6.30. The van der Waals surface area contributed by atoms with E-state index in [4.69, 9.17) is 11.6 Å². The van der Waals surface area contributed by atoms with Gasteiger partial charge < -0.3 is 5.32 Å². The average molecular weight is 329 g/mol. The van der Waals surface area contributed by atoms with E-state index in [-0.39, 0.29) is 5.91 Å². The molecule has 1 aliphatic heterocycles. The summed E-state index contributed by atoms with van der Waals surface area (Å²) in [4.78, 5) is 14.5. The van der Waals surface area contributed by atoms with E-state index < -0.39 is 0 Å². The zero-order chi connectivity index (χ0) is 16.1. The SMILES string of the molecule is O=C(CN1CCCC1c1ccccc1)NCc1ccc(Cl)cc1. The molecule has 2 aromatic carbocycles. The van der Waals surface area contributed by atoms with Crippen molar-refractivity contribution in [3.05, 3.63) is 70.7 Å². The number of benzene rings is 2. The molecule has 1 fully saturated rings. The van der Waals surface area contributed by atoms with Crippen molar-refractivity contribution in [3.63, 3.8) is 0 Å². The number of carbonyl (C=O) groups is 1. The van der Waals surface area contributed by atoms with Crippen LogP contribution in [0.1, 0.15) is 30.0 Å². The van der Waals surface area contributed by atoms with Crippen LogP contribution in [0, 0.1) is 0 Å². The number of amides is 1. The summed E-state index contributed by atoms with van der Waals surface area (Å²) >= 11 is 5.87. The zero-order valence-corrected chi connectivity index (χ0v) is 13.8. The first-order chi connectivity index (χ1) is 11.2. The maximum atomic E-state index is 12.2. The molecule has 23 heavy (non-hydrogen) atoms. The molecule has 3 rings (SSSR count). The second kappa shape index (κ2) is 7.62. The summed E-state index contributed by atoms with van der Waals surface area (Å²) < 4.78 is 0. The fourth-order valence-electron chi connectivity index (χ4n) is 3.11. The Morgan fingerprint density at radius 2 is 1.87 bits per heavy atom. The lowest BCUT2D eigenvalue weighted by atomic mass is 10.0. The molecule has 1 N–H and O–H groups in total. The maximum Gasteiger partial charge on any atom is 0.234 e. The third-order valence-corrected chi connectivity index (χ3v) is 4.55. The Labute approximate surface area is 142 Å². The molecule has 2 aromatic rings. The van der Waals surface area contributed by atoms with Crippen molar-refractivity contribution >= 4 is 17.5 Å². The van der Waals surface area contributed by atoms with Gasteiger partial charge in [-0.3, -0.25) is 9.69 Å². The van der Waals surface area contributed by atoms with Crippen molar-refractivity contribution in [2.75, 3.05) is 13.1 Å². The fraction of sp³-hybridized carbons (Fsp3) is 0.316. The Hall–Kier alpha value is -1.84. The van der Waals surface area contributed by atoms with Crippen molar-refractivity contribution < 1.29 is 4.79 Å². The Kier molecular flexibility index (Phi) is 5.31. The monoisotopic (exact) mass is 328 g/mol. The smallest absolute Gasteiger partial charge is 0.234 e. The molecule has 1 saturated heterocycles. The van der Waals surface area contributed by atoms with Gasteiger partial charge in [-0.25, -0.2) is 0 Å². The number of nitrogens with zero attached hydrogens (tertiary/aromatic N) is 1. The van der Waals surface area contributed by atoms with Crippen LogP contribution < -0.4 is 5.32 Å². The summed E-state index contributed by atoms with van der Waals surface area (Å²) in [5.41, 5.74) is 2.36. The van der Waals surface area contributed by atoms with Gasteiger partial charge in [-0.05, 0) is 42.6 Å². The van der Waals surface area contributed by atoms with Crippen molar-refractivity contribution in [2.24, 2.45) is 0 Å². The van der Waals surface area contributed by atoms with Crippen molar-refractivity contribution in [3.8, 4) is 0 Å². The molecule has 1 unspecified atom stereocenters. The summed E-state index contributed by atoms with van der Waals surface area (Å²) in [6, 6.07) is 18.4. The van der Waals surface area contributed by atoms with Gasteiger partial charge in [0.1, 0.15) is 0 Å². The van der Waals surface area contributed by atoms with E-state index in [1.165, 1.54) is 5.56 Å². The van der Waals surface area contributed by atoms with Gasteiger partial charge in [0.2, 0.25) is 5.91 Å². The Balaban J connectivity index is 1.53. The largest absolute Gasteiger partial charge is 0.351 e. The van der Waals surface area contributed by atoms with Gasteiger partial charge in [-0.15, -0.1) is 0 Å². The zero-order valence-electron chi connectivity index (χ0n) is 13.0. The summed E-state index contributed by atoms with van der Waals surface area (Å²) in [6.07, 6.45) is 2.26. The molecular formula is C19H21ClN2O. The van der Waals surface area contributed by atoms with Crippen LogP contribution >= 0.6 is 11.6 Å². The minimum Gasteiger partial charge on any atom is -0.351 e. The molecule has 0 saturated carbocycles. The lowest BCUT2D eigenvalue weighted by Gasteiger charge is -2.24. The fourth-order valence-corrected chi connectivity index (χ4v) is 3.24. The first-order valence-corrected chi connectivity index (χ1v) is 8.40. The van der Waals surface area contributed by atoms with Crippen LogP contribution in [0.4, 0.5) is 0 Å². The third kappa shape index (κ3) is 4.34. The normalized spacial score (nSPS) is 18.0. The quantitative estimate of drug-likeness (QED) is 0.905. The molecule has 0 bridgehead atoms. The Bertz CT molecular complexity index is 642. The molecule has 0 aliphatic carbocycles. The van der Waals surface area contributed by atoms with E-state index in [2.05, 4.69) is 34.5 Å². The molecule has 0 spiro atoms. The molecular weight excluding hydrogens is 308 g/mol. The van der Waals surface area contributed by atoms with Crippen LogP contribution in [0.15, 0.2) is 54.6 Å². The molecule has 1 atom stereocenters. The number of carbonyl (C=O) groups excluding carboxylic acids is 1. The lowest BCUT2D eigenvalue weighted by Crippen LogP contribution is -2.36. The van der Waals surface area contributed by atoms with E-state index in [0.29, 0.717) is 24.2 Å². The molecule has 1 aliphatic rings. The van der Waals surface area contributed by atoms with Gasteiger partial charge in [0.25, 0.3) is 0 Å². The van der Waals surface area contributed by atoms with E-state index in [0.717, 1.165) is 24.9 Å². The van der Waals surface area contributed by atoms with Crippen LogP contribution in [0.5, 0.6) is 0 Å². The van der Waals surface area contributed by atoms with Gasteiger partial charge in [0.05, 0.1) is 6.54 Å². The molecule has 0 radical (unpaired) electrons. The standard InChI is InChI=1S/C19H21ClN2O/c20-17-10-8-15(9-11-17)13-21-19(23)14-22-12-4-7-18(22)16-5-2-1-3-6-16/h1-3,5-6,8-11,18H,4,7,12-14H2,(H,21,23). The van der Waals surface area contributed by atoms with Gasteiger partial charge in [-0.1, -0.05) is 54.1 Å². The predicted molar refractivity (Wildman–Crippen MR) is 93.3 cm³/mol. The minimum atomic E-state index is 0.0720. The number of hydrogen-bond acceptors (Lipinski definition) is 2. The second-order valence-corrected chi connectivity index (χ2v) is 6.38. The highest BCUT2D eigenvalue weighted by Gasteiger charge is 2.27. The van der Waals surface area contributed by atoms with E-state index in [9.17, 15) is 4.79 Å². The number of hydrogen-bond donors (Lipinski definition) is 1. The molecule has 4 heteroatoms. The van der Waals surface area contributed by atoms with Crippen LogP contribution in [0.25, 0.3) is 0 Å². The summed E-state index contributed by atoms with van der Waals surface area (Å²) in [5, 5.41) is 3.70. The Morgan fingerprint density at radius 3 is 2.61 bits per heavy atom. The number of likely N-dealkylation sites (tertiary alicyclic amines) is 1. The average Bonchev–Trinajstić information content (AvgIpc) is 3.03. The molecule has 1 amide bonds. The van der Waals surface area contributed by atoms with Crippen molar-refractivity contribution in [1.29, 1.82) is 0 Å². The molecule has 3 nitrogen and oxygen atoms in total. The predicted octanol–water partition coefficient (Wildman–Crippen LogP) is 3.79. The topological polar surface area (TPSA) is 32.3 Å². The second-order valence-electron chi connectivity index (χ2n) is 5.94. The number of halogens is 1. The van der Waals surface area contributed by atoms with Crippen molar-refractivity contribution in [1.82, 2.24) is 10.2 Å².